The molecule has 0 aliphatic carbocycles. The van der Waals surface area contributed by atoms with Crippen molar-refractivity contribution in [2.75, 3.05) is 32.8 Å². The van der Waals surface area contributed by atoms with Crippen molar-refractivity contribution in [2.24, 2.45) is 0 Å². The first-order valence-electron chi connectivity index (χ1n) is 11.3. The second-order valence-electron chi connectivity index (χ2n) is 8.64. The van der Waals surface area contributed by atoms with E-state index in [-0.39, 0.29) is 35.1 Å². The molecule has 0 radical (unpaired) electrons. The van der Waals surface area contributed by atoms with Gasteiger partial charge in [-0.15, -0.1) is 11.3 Å². The van der Waals surface area contributed by atoms with Crippen LogP contribution in [0.1, 0.15) is 48.3 Å². The zero-order chi connectivity index (χ0) is 25.4. The van der Waals surface area contributed by atoms with Gasteiger partial charge in [-0.1, -0.05) is 0 Å². The zero-order valence-corrected chi connectivity index (χ0v) is 21.3. The SMILES string of the molecule is COc1cc(-c2c(C#N)c(N)nc3sc(C(=O)N4[C@@H](C)CCC[C@@H]4C)c(N)c23)cc(OC)c1OC. The molecule has 1 aliphatic rings. The van der Waals surface area contributed by atoms with Crippen LogP contribution in [0.5, 0.6) is 17.2 Å². The quantitative estimate of drug-likeness (QED) is 0.530. The fourth-order valence-corrected chi connectivity index (χ4v) is 5.95. The van der Waals surface area contributed by atoms with E-state index >= 15 is 0 Å². The molecule has 2 atom stereocenters. The molecule has 1 amide bonds. The van der Waals surface area contributed by atoms with Gasteiger partial charge in [0.05, 0.1) is 27.0 Å². The highest BCUT2D eigenvalue weighted by atomic mass is 32.1. The van der Waals surface area contributed by atoms with Crippen LogP contribution >= 0.6 is 11.3 Å². The molecule has 3 heterocycles. The molecule has 1 aromatic carbocycles. The van der Waals surface area contributed by atoms with Gasteiger partial charge >= 0.3 is 0 Å². The first-order chi connectivity index (χ1) is 16.8. The Morgan fingerprint density at radius 2 is 1.71 bits per heavy atom. The Balaban J connectivity index is 2.00. The lowest BCUT2D eigenvalue weighted by molar-refractivity contribution is 0.0517. The van der Waals surface area contributed by atoms with Gasteiger partial charge in [0.25, 0.3) is 5.91 Å². The molecule has 4 N–H and O–H groups in total. The van der Waals surface area contributed by atoms with Crippen LogP contribution in [0.2, 0.25) is 0 Å². The first kappa shape index (κ1) is 24.4. The molecule has 10 heteroatoms. The van der Waals surface area contributed by atoms with Crippen LogP contribution < -0.4 is 25.7 Å². The molecular weight excluding hydrogens is 466 g/mol. The number of pyridine rings is 1. The van der Waals surface area contributed by atoms with E-state index in [0.717, 1.165) is 19.3 Å². The highest BCUT2D eigenvalue weighted by Crippen LogP contribution is 2.47. The van der Waals surface area contributed by atoms with Gasteiger partial charge in [0, 0.05) is 23.0 Å². The van der Waals surface area contributed by atoms with E-state index in [1.54, 1.807) is 12.1 Å². The lowest BCUT2D eigenvalue weighted by atomic mass is 9.95. The third-order valence-electron chi connectivity index (χ3n) is 6.59. The van der Waals surface area contributed by atoms with Crippen LogP contribution in [0.25, 0.3) is 21.3 Å². The van der Waals surface area contributed by atoms with Crippen molar-refractivity contribution in [3.05, 3.63) is 22.6 Å². The van der Waals surface area contributed by atoms with Crippen LogP contribution in [0, 0.1) is 11.3 Å². The van der Waals surface area contributed by atoms with Crippen molar-refractivity contribution in [3.8, 4) is 34.4 Å². The Kier molecular flexibility index (Phi) is 6.63. The second-order valence-corrected chi connectivity index (χ2v) is 9.64. The number of nitrogens with two attached hydrogens (primary N) is 2. The normalized spacial score (nSPS) is 17.8. The molecule has 3 aromatic rings. The number of hydrogen-bond acceptors (Lipinski definition) is 9. The van der Waals surface area contributed by atoms with Gasteiger partial charge in [-0.2, -0.15) is 5.26 Å². The lowest BCUT2D eigenvalue weighted by Crippen LogP contribution is -2.47. The summed E-state index contributed by atoms with van der Waals surface area (Å²) in [5, 5.41) is 10.5. The summed E-state index contributed by atoms with van der Waals surface area (Å²) in [4.78, 5) is 20.9. The number of fused-ring (bicyclic) bond motifs is 1. The molecule has 0 saturated carbocycles. The summed E-state index contributed by atoms with van der Waals surface area (Å²) < 4.78 is 16.5. The fraction of sp³-hybridized carbons (Fsp3) is 0.400. The van der Waals surface area contributed by atoms with Crippen LogP contribution in [0.3, 0.4) is 0 Å². The molecular formula is C25H29N5O4S. The number of carbonyl (C=O) groups is 1. The number of anilines is 2. The maximum atomic E-state index is 13.7. The number of nitrogen functional groups attached to an aromatic ring is 2. The molecule has 1 fully saturated rings. The second kappa shape index (κ2) is 9.50. The smallest absolute Gasteiger partial charge is 0.266 e. The van der Waals surface area contributed by atoms with E-state index in [9.17, 15) is 10.1 Å². The Bertz CT molecular complexity index is 1310. The minimum atomic E-state index is -0.127. The molecule has 1 saturated heterocycles. The summed E-state index contributed by atoms with van der Waals surface area (Å²) in [6.07, 6.45) is 2.98. The van der Waals surface area contributed by atoms with Gasteiger partial charge in [-0.05, 0) is 50.8 Å². The third kappa shape index (κ3) is 3.96. The third-order valence-corrected chi connectivity index (χ3v) is 7.68. The van der Waals surface area contributed by atoms with Crippen molar-refractivity contribution in [3.63, 3.8) is 0 Å². The van der Waals surface area contributed by atoms with E-state index in [2.05, 4.69) is 24.9 Å². The molecule has 0 unspecified atom stereocenters. The van der Waals surface area contributed by atoms with E-state index in [1.165, 1.54) is 32.7 Å². The minimum Gasteiger partial charge on any atom is -0.493 e. The number of likely N-dealkylation sites (tertiary alicyclic amines) is 1. The van der Waals surface area contributed by atoms with Crippen LogP contribution in [-0.2, 0) is 0 Å². The van der Waals surface area contributed by atoms with E-state index in [1.807, 2.05) is 4.90 Å². The predicted octanol–water partition coefficient (Wildman–Crippen LogP) is 4.43. The molecule has 0 spiro atoms. The van der Waals surface area contributed by atoms with Crippen LogP contribution in [-0.4, -0.2) is 49.2 Å². The first-order valence-corrected chi connectivity index (χ1v) is 12.1. The molecule has 2 aromatic heterocycles. The lowest BCUT2D eigenvalue weighted by Gasteiger charge is -2.38. The van der Waals surface area contributed by atoms with Crippen LogP contribution in [0.4, 0.5) is 11.5 Å². The average molecular weight is 496 g/mol. The summed E-state index contributed by atoms with van der Waals surface area (Å²) in [5.74, 6) is 1.17. The number of hydrogen-bond donors (Lipinski definition) is 2. The van der Waals surface area contributed by atoms with Gasteiger partial charge in [-0.3, -0.25) is 4.79 Å². The highest BCUT2D eigenvalue weighted by Gasteiger charge is 2.33. The number of benzene rings is 1. The topological polar surface area (TPSA) is 137 Å². The Morgan fingerprint density at radius 3 is 2.23 bits per heavy atom. The Morgan fingerprint density at radius 1 is 1.11 bits per heavy atom. The summed E-state index contributed by atoms with van der Waals surface area (Å²) >= 11 is 1.20. The van der Waals surface area contributed by atoms with Crippen molar-refractivity contribution in [2.45, 2.75) is 45.2 Å². The van der Waals surface area contributed by atoms with Crippen LogP contribution in [0.15, 0.2) is 12.1 Å². The zero-order valence-electron chi connectivity index (χ0n) is 20.5. The van der Waals surface area contributed by atoms with Crippen molar-refractivity contribution in [1.29, 1.82) is 5.26 Å². The van der Waals surface area contributed by atoms with E-state index in [4.69, 9.17) is 25.7 Å². The molecule has 35 heavy (non-hydrogen) atoms. The summed E-state index contributed by atoms with van der Waals surface area (Å²) in [7, 11) is 4.54. The highest BCUT2D eigenvalue weighted by molar-refractivity contribution is 7.21. The van der Waals surface area contributed by atoms with Crippen molar-refractivity contribution >= 4 is 39.0 Å². The minimum absolute atomic E-state index is 0.0590. The number of piperidine rings is 1. The summed E-state index contributed by atoms with van der Waals surface area (Å²) in [6, 6.07) is 5.83. The maximum absolute atomic E-state index is 13.7. The number of nitrogens with zero attached hydrogens (tertiary/aromatic N) is 3. The number of amides is 1. The fourth-order valence-electron chi connectivity index (χ4n) is 4.90. The molecule has 4 rings (SSSR count). The molecule has 184 valence electrons. The van der Waals surface area contributed by atoms with Crippen molar-refractivity contribution in [1.82, 2.24) is 9.88 Å². The number of carbonyl (C=O) groups excluding carboxylic acids is 1. The Hall–Kier alpha value is -3.71. The number of rotatable bonds is 5. The van der Waals surface area contributed by atoms with Gasteiger partial charge < -0.3 is 30.6 Å². The van der Waals surface area contributed by atoms with Crippen molar-refractivity contribution < 1.29 is 19.0 Å². The predicted molar refractivity (Wildman–Crippen MR) is 137 cm³/mol. The average Bonchev–Trinajstić information content (AvgIpc) is 3.17. The number of nitriles is 1. The molecule has 0 bridgehead atoms. The summed E-state index contributed by atoms with van der Waals surface area (Å²) in [5.41, 5.74) is 14.3. The van der Waals surface area contributed by atoms with Gasteiger partial charge in [-0.25, -0.2) is 4.98 Å². The van der Waals surface area contributed by atoms with E-state index in [0.29, 0.717) is 43.5 Å². The molecule has 1 aliphatic heterocycles. The van der Waals surface area contributed by atoms with Gasteiger partial charge in [0.1, 0.15) is 27.2 Å². The number of methoxy groups -OCH3 is 3. The summed E-state index contributed by atoms with van der Waals surface area (Å²) in [6.45, 7) is 4.12. The van der Waals surface area contributed by atoms with Gasteiger partial charge in [0.15, 0.2) is 11.5 Å². The number of ether oxygens (including phenoxy) is 3. The standard InChI is InChI=1S/C25H29N5O4S/c1-12-7-6-8-13(2)30(12)25(31)22-20(27)19-18(15(11-26)23(28)29-24(19)35-22)14-9-16(32-3)21(34-5)17(10-14)33-4/h9-10,12-13H,6-8,27H2,1-5H3,(H2,28,29)/t12-,13-/m0/s1. The van der Waals surface area contributed by atoms with E-state index < -0.39 is 0 Å². The number of thiophene rings is 1. The molecule has 9 nitrogen and oxygen atoms in total. The Labute approximate surface area is 208 Å². The maximum Gasteiger partial charge on any atom is 0.266 e. The monoisotopic (exact) mass is 495 g/mol. The van der Waals surface area contributed by atoms with Gasteiger partial charge in [0.2, 0.25) is 5.75 Å². The largest absolute Gasteiger partial charge is 0.493 e. The number of aromatic nitrogens is 1.